The maximum absolute atomic E-state index is 11.7. The second kappa shape index (κ2) is 28.5. The molecular weight excluding hydrogens is 736 g/mol. The molecule has 21 nitrogen and oxygen atoms in total. The van der Waals surface area contributed by atoms with Gasteiger partial charge in [0.2, 0.25) is 0 Å². The maximum atomic E-state index is 11.7. The van der Waals surface area contributed by atoms with Gasteiger partial charge in [-0.2, -0.15) is 0 Å². The minimum atomic E-state index is -0.844. The second-order valence-corrected chi connectivity index (χ2v) is 12.2. The molecule has 2 fully saturated rings. The van der Waals surface area contributed by atoms with Crippen molar-refractivity contribution in [2.75, 3.05) is 52.7 Å². The second-order valence-electron chi connectivity index (χ2n) is 12.2. The van der Waals surface area contributed by atoms with Gasteiger partial charge in [0.05, 0.1) is 26.1 Å². The summed E-state index contributed by atoms with van der Waals surface area (Å²) >= 11 is 0. The third-order valence-electron chi connectivity index (χ3n) is 7.74. The highest BCUT2D eigenvalue weighted by Gasteiger charge is 2.33. The van der Waals surface area contributed by atoms with Gasteiger partial charge in [0, 0.05) is 71.6 Å². The van der Waals surface area contributed by atoms with E-state index in [0.717, 1.165) is 6.08 Å². The number of ether oxygens (including phenoxy) is 2. The van der Waals surface area contributed by atoms with Gasteiger partial charge in [0.15, 0.2) is 5.78 Å². The van der Waals surface area contributed by atoms with Crippen LogP contribution in [0.25, 0.3) is 0 Å². The molecule has 2 rings (SSSR count). The number of ketones is 1. The molecule has 0 bridgehead atoms. The zero-order valence-electron chi connectivity index (χ0n) is 30.6. The average molecular weight is 789 g/mol. The lowest BCUT2D eigenvalue weighted by atomic mass is 10.0. The molecule has 0 spiro atoms. The molecule has 2 saturated heterocycles. The molecule has 2 heterocycles. The Labute approximate surface area is 317 Å². The number of amides is 6. The van der Waals surface area contributed by atoms with Crippen LogP contribution in [0.4, 0.5) is 9.59 Å². The zero-order valence-corrected chi connectivity index (χ0v) is 30.6. The van der Waals surface area contributed by atoms with E-state index in [9.17, 15) is 43.2 Å². The molecule has 0 aromatic carbocycles. The Morgan fingerprint density at radius 2 is 1.02 bits per heavy atom. The lowest BCUT2D eigenvalue weighted by Crippen LogP contribution is -2.34. The number of nitrogens with one attached hydrogen (secondary N) is 2. The molecule has 0 saturated carbocycles. The number of rotatable bonds is 25. The summed E-state index contributed by atoms with van der Waals surface area (Å²) in [6.45, 7) is 0.118. The highest BCUT2D eigenvalue weighted by atomic mass is 16.7. The molecule has 2 aliphatic rings. The third kappa shape index (κ3) is 21.5. The molecule has 55 heavy (non-hydrogen) atoms. The van der Waals surface area contributed by atoms with E-state index in [-0.39, 0.29) is 115 Å². The van der Waals surface area contributed by atoms with Crippen molar-refractivity contribution in [3.63, 3.8) is 0 Å². The third-order valence-corrected chi connectivity index (χ3v) is 7.74. The normalized spacial score (nSPS) is 15.0. The summed E-state index contributed by atoms with van der Waals surface area (Å²) in [6.07, 6.45) is 3.72. The van der Waals surface area contributed by atoms with Crippen LogP contribution in [0.3, 0.4) is 0 Å². The standard InChI is InChI=1S/C19H28N2O9.C15H24N2O8/c22-11-2-3-14(9-12-23)13-29-19(28)20-10-8-15(24)4-1-5-18(27)30-21-16(25)6-7-17(21)26;18-8-1-2-11(6-9-19)10-24-15(23)16-7-5-14(22)25-17-12(20)3-4-13(17)21/h1,4,14,22-23H,2-3,5-13H2,(H,20,28);11,18-19H,1-10H2,(H,16,23)/b4-1+;. The van der Waals surface area contributed by atoms with Crippen molar-refractivity contribution in [1.29, 1.82) is 0 Å². The van der Waals surface area contributed by atoms with Crippen molar-refractivity contribution in [1.82, 2.24) is 20.8 Å². The van der Waals surface area contributed by atoms with Crippen LogP contribution in [0.15, 0.2) is 12.2 Å². The number of aliphatic hydroxyl groups is 4. The Morgan fingerprint density at radius 1 is 0.600 bits per heavy atom. The van der Waals surface area contributed by atoms with E-state index < -0.39 is 47.8 Å². The van der Waals surface area contributed by atoms with Crippen LogP contribution in [-0.4, -0.2) is 137 Å². The first-order valence-electron chi connectivity index (χ1n) is 17.9. The average Bonchev–Trinajstić information content (AvgIpc) is 3.64. The van der Waals surface area contributed by atoms with Gasteiger partial charge in [-0.3, -0.25) is 24.0 Å². The monoisotopic (exact) mass is 788 g/mol. The fraction of sp³-hybridized carbons (Fsp3) is 0.676. The maximum Gasteiger partial charge on any atom is 0.407 e. The Morgan fingerprint density at radius 3 is 1.44 bits per heavy atom. The molecule has 0 radical (unpaired) electrons. The van der Waals surface area contributed by atoms with Crippen LogP contribution in [-0.2, 0) is 52.7 Å². The van der Waals surface area contributed by atoms with Crippen LogP contribution in [0.5, 0.6) is 0 Å². The lowest BCUT2D eigenvalue weighted by molar-refractivity contribution is -0.197. The smallest absolute Gasteiger partial charge is 0.407 e. The van der Waals surface area contributed by atoms with Gasteiger partial charge in [-0.25, -0.2) is 19.2 Å². The first-order valence-corrected chi connectivity index (χ1v) is 17.9. The number of alkyl carbamates (subject to hydrolysis) is 2. The number of allylic oxidation sites excluding steroid dienone is 1. The summed E-state index contributed by atoms with van der Waals surface area (Å²) in [5.74, 6) is -4.41. The molecule has 0 aromatic heterocycles. The highest BCUT2D eigenvalue weighted by Crippen LogP contribution is 2.15. The van der Waals surface area contributed by atoms with Crippen LogP contribution in [0.2, 0.25) is 0 Å². The molecule has 2 unspecified atom stereocenters. The fourth-order valence-electron chi connectivity index (χ4n) is 4.76. The van der Waals surface area contributed by atoms with Crippen LogP contribution in [0.1, 0.15) is 83.5 Å². The van der Waals surface area contributed by atoms with Gasteiger partial charge < -0.3 is 50.2 Å². The van der Waals surface area contributed by atoms with Gasteiger partial charge in [0.1, 0.15) is 0 Å². The Hall–Kier alpha value is -4.99. The van der Waals surface area contributed by atoms with Crippen LogP contribution >= 0.6 is 0 Å². The lowest BCUT2D eigenvalue weighted by Gasteiger charge is -2.16. The molecule has 2 aliphatic heterocycles. The van der Waals surface area contributed by atoms with E-state index in [4.69, 9.17) is 29.9 Å². The van der Waals surface area contributed by atoms with Gasteiger partial charge in [-0.1, -0.05) is 6.08 Å². The summed E-state index contributed by atoms with van der Waals surface area (Å²) in [5, 5.41) is 41.2. The predicted octanol–water partition coefficient (Wildman–Crippen LogP) is -0.523. The molecule has 0 aromatic rings. The SMILES string of the molecule is O=C(/C=C/CC(=O)ON1C(=O)CCC1=O)CCNC(=O)OCC(CCO)CCCO.O=C(CCNC(=O)OCC(CCO)CCCO)ON1C(=O)CCC1=O. The first kappa shape index (κ1) is 48.0. The molecule has 2 atom stereocenters. The summed E-state index contributed by atoms with van der Waals surface area (Å²) in [5.41, 5.74) is 0. The Bertz CT molecular complexity index is 1290. The van der Waals surface area contributed by atoms with Crippen molar-refractivity contribution < 1.29 is 82.7 Å². The number of carbonyl (C=O) groups excluding carboxylic acids is 9. The number of hydrogen-bond acceptors (Lipinski definition) is 17. The summed E-state index contributed by atoms with van der Waals surface area (Å²) < 4.78 is 10.0. The van der Waals surface area contributed by atoms with E-state index in [1.807, 2.05) is 0 Å². The van der Waals surface area contributed by atoms with Gasteiger partial charge in [-0.05, 0) is 56.4 Å². The number of nitrogens with zero attached hydrogens (tertiary/aromatic N) is 2. The van der Waals surface area contributed by atoms with Crippen molar-refractivity contribution in [2.45, 2.75) is 83.5 Å². The largest absolute Gasteiger partial charge is 0.449 e. The van der Waals surface area contributed by atoms with Crippen molar-refractivity contribution in [2.24, 2.45) is 11.8 Å². The fourth-order valence-corrected chi connectivity index (χ4v) is 4.76. The quantitative estimate of drug-likeness (QED) is 0.0501. The van der Waals surface area contributed by atoms with Crippen molar-refractivity contribution in [3.8, 4) is 0 Å². The van der Waals surface area contributed by atoms with E-state index in [1.165, 1.54) is 6.08 Å². The van der Waals surface area contributed by atoms with Crippen molar-refractivity contribution >= 4 is 53.5 Å². The first-order chi connectivity index (χ1) is 26.3. The number of hydrogen-bond donors (Lipinski definition) is 6. The highest BCUT2D eigenvalue weighted by molar-refractivity contribution is 6.02. The summed E-state index contributed by atoms with van der Waals surface area (Å²) in [4.78, 5) is 113. The van der Waals surface area contributed by atoms with Gasteiger partial charge >= 0.3 is 24.1 Å². The predicted molar refractivity (Wildman–Crippen MR) is 184 cm³/mol. The van der Waals surface area contributed by atoms with Crippen LogP contribution < -0.4 is 10.6 Å². The Balaban J connectivity index is 0.000000559. The van der Waals surface area contributed by atoms with Gasteiger partial charge in [-0.15, -0.1) is 10.1 Å². The molecule has 21 heteroatoms. The van der Waals surface area contributed by atoms with E-state index in [0.29, 0.717) is 48.7 Å². The van der Waals surface area contributed by atoms with E-state index in [1.54, 1.807) is 0 Å². The zero-order chi connectivity index (χ0) is 41.0. The minimum absolute atomic E-state index is 0.000619. The number of imide groups is 2. The molecule has 6 amide bonds. The number of aliphatic hydroxyl groups excluding tert-OH is 4. The Kier molecular flexibility index (Phi) is 24.8. The van der Waals surface area contributed by atoms with Gasteiger partial charge in [0.25, 0.3) is 23.6 Å². The number of carbonyl (C=O) groups is 9. The van der Waals surface area contributed by atoms with Crippen LogP contribution in [0, 0.1) is 11.8 Å². The molecular formula is C34H52N4O17. The minimum Gasteiger partial charge on any atom is -0.449 e. The summed E-state index contributed by atoms with van der Waals surface area (Å²) in [7, 11) is 0. The topological polar surface area (TPSA) is 302 Å². The van der Waals surface area contributed by atoms with E-state index in [2.05, 4.69) is 20.3 Å². The van der Waals surface area contributed by atoms with E-state index >= 15 is 0 Å². The molecule has 0 aliphatic carbocycles. The number of hydroxylamine groups is 4. The summed E-state index contributed by atoms with van der Waals surface area (Å²) in [6, 6.07) is 0. The molecule has 310 valence electrons. The molecule has 6 N–H and O–H groups in total. The van der Waals surface area contributed by atoms with Crippen molar-refractivity contribution in [3.05, 3.63) is 12.2 Å².